The van der Waals surface area contributed by atoms with Gasteiger partial charge >= 0.3 is 12.6 Å². The number of amides is 1. The zero-order valence-electron chi connectivity index (χ0n) is 15.1. The molecule has 1 fully saturated rings. The Kier molecular flexibility index (Phi) is 6.57. The number of hydrogen-bond acceptors (Lipinski definition) is 4. The molecule has 5 nitrogen and oxygen atoms in total. The second kappa shape index (κ2) is 9.30. The molecule has 0 aromatic heterocycles. The van der Waals surface area contributed by atoms with E-state index in [0.29, 0.717) is 5.56 Å². The van der Waals surface area contributed by atoms with Gasteiger partial charge in [-0.1, -0.05) is 48.9 Å². The highest BCUT2D eigenvalue weighted by Gasteiger charge is 2.27. The summed E-state index contributed by atoms with van der Waals surface area (Å²) in [5, 5.41) is 2.84. The van der Waals surface area contributed by atoms with Crippen molar-refractivity contribution in [3.05, 3.63) is 65.7 Å². The summed E-state index contributed by atoms with van der Waals surface area (Å²) in [5.74, 6) is -0.841. The lowest BCUT2D eigenvalue weighted by Gasteiger charge is -2.24. The summed E-state index contributed by atoms with van der Waals surface area (Å²) in [4.78, 5) is 24.1. The molecule has 3 rings (SSSR count). The number of carbonyl (C=O) groups is 2. The van der Waals surface area contributed by atoms with Gasteiger partial charge in [-0.05, 0) is 36.1 Å². The van der Waals surface area contributed by atoms with Crippen LogP contribution in [0.15, 0.2) is 54.6 Å². The lowest BCUT2D eigenvalue weighted by atomic mass is 9.86. The maximum atomic E-state index is 12.3. The monoisotopic (exact) mass is 389 g/mol. The van der Waals surface area contributed by atoms with E-state index in [9.17, 15) is 18.4 Å². The second-order valence-electron chi connectivity index (χ2n) is 6.59. The van der Waals surface area contributed by atoms with Crippen molar-refractivity contribution in [2.24, 2.45) is 5.92 Å². The Labute approximate surface area is 161 Å². The fraction of sp³-hybridized carbons (Fsp3) is 0.333. The lowest BCUT2D eigenvalue weighted by molar-refractivity contribution is -0.155. The van der Waals surface area contributed by atoms with E-state index in [1.807, 2.05) is 30.3 Å². The molecule has 148 valence electrons. The molecule has 0 heterocycles. The standard InChI is InChI=1S/C21H21F2NO4/c22-21(23)28-17-11-9-15(10-12-17)19(14-5-2-1-3-6-14)24-18(25)13-27-20(26)16-7-4-8-16/h1-3,5-6,9-12,16,19,21H,4,7-8,13H2,(H,24,25)/t19-/m0/s1. The van der Waals surface area contributed by atoms with Crippen LogP contribution in [0.4, 0.5) is 8.78 Å². The molecule has 28 heavy (non-hydrogen) atoms. The third-order valence-electron chi connectivity index (χ3n) is 4.66. The number of alkyl halides is 2. The molecule has 1 N–H and O–H groups in total. The molecule has 1 aliphatic rings. The van der Waals surface area contributed by atoms with Gasteiger partial charge in [-0.3, -0.25) is 9.59 Å². The maximum absolute atomic E-state index is 12.3. The Morgan fingerprint density at radius 2 is 1.64 bits per heavy atom. The van der Waals surface area contributed by atoms with Gasteiger partial charge in [0.05, 0.1) is 12.0 Å². The van der Waals surface area contributed by atoms with Gasteiger partial charge < -0.3 is 14.8 Å². The molecule has 7 heteroatoms. The molecular weight excluding hydrogens is 368 g/mol. The van der Waals surface area contributed by atoms with Crippen LogP contribution < -0.4 is 10.1 Å². The van der Waals surface area contributed by atoms with Crippen molar-refractivity contribution in [1.29, 1.82) is 0 Å². The first-order chi connectivity index (χ1) is 13.5. The molecule has 0 radical (unpaired) electrons. The first-order valence-corrected chi connectivity index (χ1v) is 9.08. The Balaban J connectivity index is 1.68. The van der Waals surface area contributed by atoms with Gasteiger partial charge in [-0.15, -0.1) is 0 Å². The van der Waals surface area contributed by atoms with Crippen LogP contribution in [0.2, 0.25) is 0 Å². The zero-order valence-corrected chi connectivity index (χ0v) is 15.1. The summed E-state index contributed by atoms with van der Waals surface area (Å²) >= 11 is 0. The van der Waals surface area contributed by atoms with Crippen molar-refractivity contribution in [3.8, 4) is 5.75 Å². The van der Waals surface area contributed by atoms with Gasteiger partial charge in [-0.2, -0.15) is 8.78 Å². The molecule has 0 bridgehead atoms. The van der Waals surface area contributed by atoms with Crippen molar-refractivity contribution in [1.82, 2.24) is 5.32 Å². The highest BCUT2D eigenvalue weighted by Crippen LogP contribution is 2.27. The van der Waals surface area contributed by atoms with Crippen LogP contribution in [-0.2, 0) is 14.3 Å². The van der Waals surface area contributed by atoms with E-state index in [-0.39, 0.29) is 24.2 Å². The van der Waals surface area contributed by atoms with Crippen molar-refractivity contribution < 1.29 is 27.8 Å². The number of hydrogen-bond donors (Lipinski definition) is 1. The first-order valence-electron chi connectivity index (χ1n) is 9.08. The van der Waals surface area contributed by atoms with E-state index in [1.54, 1.807) is 12.1 Å². The summed E-state index contributed by atoms with van der Waals surface area (Å²) in [6.45, 7) is -3.26. The topological polar surface area (TPSA) is 64.6 Å². The molecule has 1 aliphatic carbocycles. The van der Waals surface area contributed by atoms with Crippen LogP contribution >= 0.6 is 0 Å². The molecule has 2 aromatic rings. The molecule has 1 atom stereocenters. The largest absolute Gasteiger partial charge is 0.455 e. The quantitative estimate of drug-likeness (QED) is 0.697. The maximum Gasteiger partial charge on any atom is 0.387 e. The van der Waals surface area contributed by atoms with E-state index in [1.165, 1.54) is 12.1 Å². The number of rotatable bonds is 8. The molecule has 0 aliphatic heterocycles. The number of carbonyl (C=O) groups excluding carboxylic acids is 2. The lowest BCUT2D eigenvalue weighted by Crippen LogP contribution is -2.34. The van der Waals surface area contributed by atoms with E-state index in [2.05, 4.69) is 10.1 Å². The fourth-order valence-corrected chi connectivity index (χ4v) is 2.95. The number of benzene rings is 2. The van der Waals surface area contributed by atoms with Crippen LogP contribution in [-0.4, -0.2) is 25.1 Å². The Bertz CT molecular complexity index is 792. The van der Waals surface area contributed by atoms with Gasteiger partial charge in [0.1, 0.15) is 5.75 Å². The second-order valence-corrected chi connectivity index (χ2v) is 6.59. The Morgan fingerprint density at radius 3 is 2.21 bits per heavy atom. The van der Waals surface area contributed by atoms with Gasteiger partial charge in [0.25, 0.3) is 5.91 Å². The Morgan fingerprint density at radius 1 is 1.00 bits per heavy atom. The predicted molar refractivity (Wildman–Crippen MR) is 97.8 cm³/mol. The zero-order chi connectivity index (χ0) is 19.9. The summed E-state index contributed by atoms with van der Waals surface area (Å²) < 4.78 is 34.1. The van der Waals surface area contributed by atoms with Crippen LogP contribution in [0.3, 0.4) is 0 Å². The molecule has 2 aromatic carbocycles. The molecule has 0 unspecified atom stereocenters. The number of halogens is 2. The number of nitrogens with one attached hydrogen (secondary N) is 1. The average molecular weight is 389 g/mol. The summed E-state index contributed by atoms with van der Waals surface area (Å²) in [6, 6.07) is 14.7. The van der Waals surface area contributed by atoms with Crippen LogP contribution in [0.25, 0.3) is 0 Å². The summed E-state index contributed by atoms with van der Waals surface area (Å²) in [6.07, 6.45) is 2.62. The first kappa shape index (κ1) is 19.8. The minimum Gasteiger partial charge on any atom is -0.455 e. The normalized spacial score (nSPS) is 14.8. The van der Waals surface area contributed by atoms with Crippen LogP contribution in [0, 0.1) is 5.92 Å². The number of esters is 1. The van der Waals surface area contributed by atoms with Gasteiger partial charge in [0.2, 0.25) is 0 Å². The highest BCUT2D eigenvalue weighted by molar-refractivity contribution is 5.82. The fourth-order valence-electron chi connectivity index (χ4n) is 2.95. The van der Waals surface area contributed by atoms with Gasteiger partial charge in [0.15, 0.2) is 6.61 Å². The van der Waals surface area contributed by atoms with E-state index in [0.717, 1.165) is 24.8 Å². The minimum absolute atomic E-state index is 0.0336. The third-order valence-corrected chi connectivity index (χ3v) is 4.66. The summed E-state index contributed by atoms with van der Waals surface area (Å²) in [5.41, 5.74) is 1.50. The van der Waals surface area contributed by atoms with Crippen molar-refractivity contribution >= 4 is 11.9 Å². The molecule has 0 spiro atoms. The average Bonchev–Trinajstić information content (AvgIpc) is 2.64. The molecular formula is C21H21F2NO4. The molecule has 1 amide bonds. The predicted octanol–water partition coefficient (Wildman–Crippen LogP) is 3.84. The van der Waals surface area contributed by atoms with Gasteiger partial charge in [0, 0.05) is 0 Å². The van der Waals surface area contributed by atoms with E-state index in [4.69, 9.17) is 4.74 Å². The van der Waals surface area contributed by atoms with E-state index >= 15 is 0 Å². The van der Waals surface area contributed by atoms with E-state index < -0.39 is 18.6 Å². The number of ether oxygens (including phenoxy) is 2. The molecule has 1 saturated carbocycles. The van der Waals surface area contributed by atoms with Crippen molar-refractivity contribution in [2.75, 3.05) is 6.61 Å². The third kappa shape index (κ3) is 5.28. The van der Waals surface area contributed by atoms with Gasteiger partial charge in [-0.25, -0.2) is 0 Å². The summed E-state index contributed by atoms with van der Waals surface area (Å²) in [7, 11) is 0. The SMILES string of the molecule is O=C(COC(=O)C1CCC1)N[C@@H](c1ccccc1)c1ccc(OC(F)F)cc1. The molecule has 0 saturated heterocycles. The smallest absolute Gasteiger partial charge is 0.387 e. The van der Waals surface area contributed by atoms with Crippen LogP contribution in [0.5, 0.6) is 5.75 Å². The van der Waals surface area contributed by atoms with Crippen molar-refractivity contribution in [2.45, 2.75) is 31.9 Å². The highest BCUT2D eigenvalue weighted by atomic mass is 19.3. The van der Waals surface area contributed by atoms with Crippen LogP contribution in [0.1, 0.15) is 36.4 Å². The minimum atomic E-state index is -2.90. The van der Waals surface area contributed by atoms with Crippen molar-refractivity contribution in [3.63, 3.8) is 0 Å². The Hall–Kier alpha value is -2.96.